The van der Waals surface area contributed by atoms with Crippen molar-refractivity contribution >= 4 is 44.8 Å². The lowest BCUT2D eigenvalue weighted by Crippen LogP contribution is -2.35. The quantitative estimate of drug-likeness (QED) is 0.751. The Labute approximate surface area is 148 Å². The number of nitrogens with one attached hydrogen (secondary N) is 1. The minimum atomic E-state index is -3.58. The van der Waals surface area contributed by atoms with Gasteiger partial charge in [-0.15, -0.1) is 0 Å². The van der Waals surface area contributed by atoms with Gasteiger partial charge in [0.1, 0.15) is 0 Å². The Hall–Kier alpha value is -0.980. The van der Waals surface area contributed by atoms with Gasteiger partial charge in [0.2, 0.25) is 15.9 Å². The van der Waals surface area contributed by atoms with Crippen LogP contribution in [0.15, 0.2) is 18.2 Å². The lowest BCUT2D eigenvalue weighted by molar-refractivity contribution is -0.120. The van der Waals surface area contributed by atoms with E-state index in [1.165, 1.54) is 12.1 Å². The maximum Gasteiger partial charge on any atom is 0.232 e. The molecule has 23 heavy (non-hydrogen) atoms. The Morgan fingerprint density at radius 3 is 2.52 bits per heavy atom. The van der Waals surface area contributed by atoms with Crippen molar-refractivity contribution in [2.45, 2.75) is 26.7 Å². The average molecular weight is 381 g/mol. The summed E-state index contributed by atoms with van der Waals surface area (Å²) in [7, 11) is -3.58. The second-order valence-corrected chi connectivity index (χ2v) is 8.46. The number of carbonyl (C=O) groups is 1. The monoisotopic (exact) mass is 380 g/mol. The molecule has 0 bridgehead atoms. The van der Waals surface area contributed by atoms with Crippen molar-refractivity contribution in [3.8, 4) is 0 Å². The molecule has 1 aromatic rings. The number of sulfonamides is 1. The van der Waals surface area contributed by atoms with Crippen molar-refractivity contribution in [2.75, 3.05) is 23.7 Å². The molecule has 1 aromatic carbocycles. The molecular weight excluding hydrogens is 359 g/mol. The van der Waals surface area contributed by atoms with Crippen LogP contribution in [-0.2, 0) is 14.8 Å². The van der Waals surface area contributed by atoms with E-state index in [0.29, 0.717) is 17.5 Å². The third-order valence-corrected chi connectivity index (χ3v) is 4.90. The molecule has 0 aliphatic heterocycles. The molecule has 1 amide bonds. The number of amides is 1. The number of carbonyl (C=O) groups excluding carboxylic acids is 1. The standard InChI is InChI=1S/C15H22Cl2N2O3S/c1-11(2)6-8-18-15(20)7-9-19(23(3,21)22)14-10-12(16)4-5-13(14)17/h4-5,10-11H,6-9H2,1-3H3,(H,18,20). The highest BCUT2D eigenvalue weighted by Gasteiger charge is 2.21. The Morgan fingerprint density at radius 2 is 1.96 bits per heavy atom. The molecule has 0 radical (unpaired) electrons. The van der Waals surface area contributed by atoms with E-state index < -0.39 is 10.0 Å². The third-order valence-electron chi connectivity index (χ3n) is 3.16. The van der Waals surface area contributed by atoms with Crippen molar-refractivity contribution in [3.05, 3.63) is 28.2 Å². The lowest BCUT2D eigenvalue weighted by Gasteiger charge is -2.23. The van der Waals surface area contributed by atoms with Gasteiger partial charge in [-0.2, -0.15) is 0 Å². The molecule has 0 aliphatic rings. The fourth-order valence-electron chi connectivity index (χ4n) is 1.93. The van der Waals surface area contributed by atoms with Crippen molar-refractivity contribution in [3.63, 3.8) is 0 Å². The zero-order valence-electron chi connectivity index (χ0n) is 13.5. The average Bonchev–Trinajstić information content (AvgIpc) is 2.41. The van der Waals surface area contributed by atoms with Gasteiger partial charge in [0, 0.05) is 24.5 Å². The summed E-state index contributed by atoms with van der Waals surface area (Å²) in [6.07, 6.45) is 2.00. The van der Waals surface area contributed by atoms with Crippen LogP contribution in [0.4, 0.5) is 5.69 Å². The second-order valence-electron chi connectivity index (χ2n) is 5.71. The molecular formula is C15H22Cl2N2O3S. The van der Waals surface area contributed by atoms with Crippen LogP contribution in [-0.4, -0.2) is 33.7 Å². The predicted octanol–water partition coefficient (Wildman–Crippen LogP) is 3.31. The van der Waals surface area contributed by atoms with E-state index in [-0.39, 0.29) is 29.6 Å². The van der Waals surface area contributed by atoms with Crippen molar-refractivity contribution in [1.29, 1.82) is 0 Å². The molecule has 0 saturated carbocycles. The fraction of sp³-hybridized carbons (Fsp3) is 0.533. The van der Waals surface area contributed by atoms with Crippen LogP contribution < -0.4 is 9.62 Å². The molecule has 1 rings (SSSR count). The maximum absolute atomic E-state index is 12.0. The molecule has 0 unspecified atom stereocenters. The molecule has 130 valence electrons. The van der Waals surface area contributed by atoms with Crippen LogP contribution in [0.5, 0.6) is 0 Å². The first-order chi connectivity index (χ1) is 10.6. The van der Waals surface area contributed by atoms with Crippen LogP contribution in [0.3, 0.4) is 0 Å². The molecule has 8 heteroatoms. The number of benzene rings is 1. The first kappa shape index (κ1) is 20.1. The van der Waals surface area contributed by atoms with Gasteiger partial charge in [0.15, 0.2) is 0 Å². The highest BCUT2D eigenvalue weighted by atomic mass is 35.5. The summed E-state index contributed by atoms with van der Waals surface area (Å²) in [6.45, 7) is 4.72. The molecule has 0 fully saturated rings. The van der Waals surface area contributed by atoms with Gasteiger partial charge < -0.3 is 5.32 Å². The van der Waals surface area contributed by atoms with Crippen LogP contribution in [0, 0.1) is 5.92 Å². The molecule has 0 saturated heterocycles. The molecule has 5 nitrogen and oxygen atoms in total. The van der Waals surface area contributed by atoms with Crippen LogP contribution in [0.2, 0.25) is 10.0 Å². The topological polar surface area (TPSA) is 66.5 Å². The fourth-order valence-corrected chi connectivity index (χ4v) is 3.30. The zero-order valence-corrected chi connectivity index (χ0v) is 15.8. The first-order valence-electron chi connectivity index (χ1n) is 7.30. The third kappa shape index (κ3) is 6.97. The summed E-state index contributed by atoms with van der Waals surface area (Å²) in [4.78, 5) is 11.8. The largest absolute Gasteiger partial charge is 0.356 e. The van der Waals surface area contributed by atoms with Crippen LogP contribution in [0.25, 0.3) is 0 Å². The van der Waals surface area contributed by atoms with E-state index in [0.717, 1.165) is 17.0 Å². The Morgan fingerprint density at radius 1 is 1.30 bits per heavy atom. The Balaban J connectivity index is 2.78. The van der Waals surface area contributed by atoms with Gasteiger partial charge in [-0.25, -0.2) is 8.42 Å². The van der Waals surface area contributed by atoms with Crippen molar-refractivity contribution in [1.82, 2.24) is 5.32 Å². The van der Waals surface area contributed by atoms with Crippen molar-refractivity contribution in [2.24, 2.45) is 5.92 Å². The summed E-state index contributed by atoms with van der Waals surface area (Å²) in [5, 5.41) is 3.42. The molecule has 0 heterocycles. The second kappa shape index (κ2) is 8.76. The van der Waals surface area contributed by atoms with Gasteiger partial charge in [-0.3, -0.25) is 9.10 Å². The van der Waals surface area contributed by atoms with Crippen LogP contribution in [0.1, 0.15) is 26.7 Å². The smallest absolute Gasteiger partial charge is 0.232 e. The number of hydrogen-bond donors (Lipinski definition) is 1. The molecule has 1 N–H and O–H groups in total. The minimum absolute atomic E-state index is 0.00636. The van der Waals surface area contributed by atoms with E-state index in [2.05, 4.69) is 19.2 Å². The van der Waals surface area contributed by atoms with E-state index in [4.69, 9.17) is 23.2 Å². The van der Waals surface area contributed by atoms with E-state index in [9.17, 15) is 13.2 Å². The first-order valence-corrected chi connectivity index (χ1v) is 9.91. The summed E-state index contributed by atoms with van der Waals surface area (Å²) < 4.78 is 25.1. The molecule has 0 aromatic heterocycles. The van der Waals surface area contributed by atoms with Crippen LogP contribution >= 0.6 is 23.2 Å². The number of nitrogens with zero attached hydrogens (tertiary/aromatic N) is 1. The molecule has 0 spiro atoms. The maximum atomic E-state index is 12.0. The number of halogens is 2. The lowest BCUT2D eigenvalue weighted by atomic mass is 10.1. The van der Waals surface area contributed by atoms with Gasteiger partial charge >= 0.3 is 0 Å². The number of rotatable bonds is 8. The minimum Gasteiger partial charge on any atom is -0.356 e. The summed E-state index contributed by atoms with van der Waals surface area (Å²) >= 11 is 12.0. The van der Waals surface area contributed by atoms with Gasteiger partial charge in [-0.05, 0) is 30.5 Å². The Bertz CT molecular complexity index is 648. The predicted molar refractivity (Wildman–Crippen MR) is 95.7 cm³/mol. The van der Waals surface area contributed by atoms with E-state index in [1.54, 1.807) is 6.07 Å². The number of anilines is 1. The highest BCUT2D eigenvalue weighted by molar-refractivity contribution is 7.92. The van der Waals surface area contributed by atoms with E-state index in [1.807, 2.05) is 0 Å². The zero-order chi connectivity index (χ0) is 17.6. The SMILES string of the molecule is CC(C)CCNC(=O)CCN(c1cc(Cl)ccc1Cl)S(C)(=O)=O. The summed E-state index contributed by atoms with van der Waals surface area (Å²) in [5.41, 5.74) is 0.275. The van der Waals surface area contributed by atoms with Crippen molar-refractivity contribution < 1.29 is 13.2 Å². The van der Waals surface area contributed by atoms with Gasteiger partial charge in [0.25, 0.3) is 0 Å². The molecule has 0 atom stereocenters. The molecule has 0 aliphatic carbocycles. The summed E-state index contributed by atoms with van der Waals surface area (Å²) in [6, 6.07) is 4.58. The summed E-state index contributed by atoms with van der Waals surface area (Å²) in [5.74, 6) is 0.297. The highest BCUT2D eigenvalue weighted by Crippen LogP contribution is 2.30. The normalized spacial score (nSPS) is 11.6. The van der Waals surface area contributed by atoms with E-state index >= 15 is 0 Å². The number of hydrogen-bond acceptors (Lipinski definition) is 3. The van der Waals surface area contributed by atoms with Gasteiger partial charge in [0.05, 0.1) is 17.0 Å². The van der Waals surface area contributed by atoms with Gasteiger partial charge in [-0.1, -0.05) is 37.0 Å². The Kier molecular flexibility index (Phi) is 7.64.